The van der Waals surface area contributed by atoms with Crippen LogP contribution in [-0.4, -0.2) is 9.97 Å². The number of rotatable bonds is 4. The van der Waals surface area contributed by atoms with Crippen LogP contribution in [0.3, 0.4) is 0 Å². The topological polar surface area (TPSA) is 50.5 Å². The maximum atomic E-state index is 4.67. The van der Waals surface area contributed by atoms with Gasteiger partial charge in [0, 0.05) is 18.0 Å². The first kappa shape index (κ1) is 14.7. The molecule has 0 radical (unpaired) electrons. The summed E-state index contributed by atoms with van der Waals surface area (Å²) in [6.07, 6.45) is 3.55. The van der Waals surface area contributed by atoms with Gasteiger partial charge in [-0.15, -0.1) is 11.3 Å². The van der Waals surface area contributed by atoms with Crippen molar-refractivity contribution in [3.63, 3.8) is 0 Å². The summed E-state index contributed by atoms with van der Waals surface area (Å²) in [5.74, 6) is 0. The highest BCUT2D eigenvalue weighted by atomic mass is 32.1. The van der Waals surface area contributed by atoms with E-state index in [0.717, 1.165) is 27.3 Å². The normalized spacial score (nSPS) is 11.3. The summed E-state index contributed by atoms with van der Waals surface area (Å²) in [4.78, 5) is 8.74. The Morgan fingerprint density at radius 1 is 0.917 bits per heavy atom. The number of para-hydroxylation sites is 1. The van der Waals surface area contributed by atoms with Crippen LogP contribution in [0, 0.1) is 0 Å². The van der Waals surface area contributed by atoms with Gasteiger partial charge in [-0.2, -0.15) is 10.2 Å². The number of fused-ring (bicyclic) bond motifs is 1. The molecule has 116 valence electrons. The van der Waals surface area contributed by atoms with E-state index in [4.69, 9.17) is 0 Å². The van der Waals surface area contributed by atoms with Crippen molar-refractivity contribution in [2.45, 2.75) is 6.54 Å². The van der Waals surface area contributed by atoms with Crippen molar-refractivity contribution in [1.29, 1.82) is 0 Å². The molecule has 4 nitrogen and oxygen atoms in total. The Balaban J connectivity index is 1.50. The van der Waals surface area contributed by atoms with Crippen molar-refractivity contribution in [1.82, 2.24) is 9.97 Å². The Morgan fingerprint density at radius 3 is 2.58 bits per heavy atom. The second kappa shape index (κ2) is 6.68. The molecule has 0 aliphatic rings. The van der Waals surface area contributed by atoms with E-state index in [1.807, 2.05) is 54.6 Å². The van der Waals surface area contributed by atoms with Crippen LogP contribution in [0.25, 0.3) is 20.8 Å². The summed E-state index contributed by atoms with van der Waals surface area (Å²) in [5, 5.41) is 9.50. The van der Waals surface area contributed by atoms with Gasteiger partial charge in [0.15, 0.2) is 0 Å². The molecule has 5 heteroatoms. The Bertz CT molecular complexity index is 942. The van der Waals surface area contributed by atoms with Crippen molar-refractivity contribution in [2.75, 3.05) is 0 Å². The number of nitrogens with zero attached hydrogens (tertiary/aromatic N) is 4. The van der Waals surface area contributed by atoms with Crippen LogP contribution in [0.4, 0.5) is 5.69 Å². The highest BCUT2D eigenvalue weighted by molar-refractivity contribution is 7.21. The summed E-state index contributed by atoms with van der Waals surface area (Å²) >= 11 is 1.70. The van der Waals surface area contributed by atoms with Gasteiger partial charge in [0.2, 0.25) is 0 Å². The van der Waals surface area contributed by atoms with Crippen molar-refractivity contribution in [3.8, 4) is 10.6 Å². The number of pyridine rings is 1. The molecule has 4 aromatic rings. The largest absolute Gasteiger partial charge is 0.264 e. The molecule has 24 heavy (non-hydrogen) atoms. The molecule has 0 aliphatic carbocycles. The third-order valence-electron chi connectivity index (χ3n) is 3.57. The third-order valence-corrected chi connectivity index (χ3v) is 4.66. The van der Waals surface area contributed by atoms with E-state index in [1.165, 1.54) is 4.70 Å². The van der Waals surface area contributed by atoms with E-state index in [-0.39, 0.29) is 0 Å². The van der Waals surface area contributed by atoms with Gasteiger partial charge in [0.25, 0.3) is 0 Å². The first-order valence-electron chi connectivity index (χ1n) is 7.61. The molecule has 0 bridgehead atoms. The molecular formula is C19H14N4S. The zero-order valence-electron chi connectivity index (χ0n) is 12.8. The number of thiazole rings is 1. The maximum Gasteiger partial charge on any atom is 0.124 e. The molecule has 0 fully saturated rings. The number of azo groups is 1. The smallest absolute Gasteiger partial charge is 0.124 e. The lowest BCUT2D eigenvalue weighted by molar-refractivity contribution is 0.949. The first-order valence-corrected chi connectivity index (χ1v) is 8.42. The number of benzene rings is 2. The Hall–Kier alpha value is -2.92. The van der Waals surface area contributed by atoms with E-state index in [9.17, 15) is 0 Å². The molecule has 2 aromatic heterocycles. The Kier molecular flexibility index (Phi) is 4.08. The van der Waals surface area contributed by atoms with E-state index >= 15 is 0 Å². The average Bonchev–Trinajstić information content (AvgIpc) is 3.07. The second-order valence-electron chi connectivity index (χ2n) is 5.29. The molecule has 0 saturated heterocycles. The highest BCUT2D eigenvalue weighted by Gasteiger charge is 2.05. The SMILES string of the molecule is c1cncc(CN=Nc2ccc(-c3nc4ccccc4s3)cc2)c1. The second-order valence-corrected chi connectivity index (χ2v) is 6.33. The molecule has 0 spiro atoms. The van der Waals surface area contributed by atoms with Gasteiger partial charge in [-0.25, -0.2) is 4.98 Å². The molecule has 0 amide bonds. The fourth-order valence-corrected chi connectivity index (χ4v) is 3.33. The highest BCUT2D eigenvalue weighted by Crippen LogP contribution is 2.30. The Labute approximate surface area is 143 Å². The number of aromatic nitrogens is 2. The van der Waals surface area contributed by atoms with Gasteiger partial charge in [-0.1, -0.05) is 18.2 Å². The molecule has 2 heterocycles. The van der Waals surface area contributed by atoms with Crippen LogP contribution in [-0.2, 0) is 6.54 Å². The van der Waals surface area contributed by atoms with Crippen LogP contribution in [0.1, 0.15) is 5.56 Å². The van der Waals surface area contributed by atoms with Gasteiger partial charge in [0.1, 0.15) is 5.01 Å². The monoisotopic (exact) mass is 330 g/mol. The lowest BCUT2D eigenvalue weighted by Gasteiger charge is -1.97. The molecule has 0 saturated carbocycles. The van der Waals surface area contributed by atoms with Gasteiger partial charge in [-0.3, -0.25) is 4.98 Å². The molecule has 4 rings (SSSR count). The van der Waals surface area contributed by atoms with Crippen molar-refractivity contribution in [3.05, 3.63) is 78.6 Å². The predicted octanol–water partition coefficient (Wildman–Crippen LogP) is 5.64. The maximum absolute atomic E-state index is 4.67. The van der Waals surface area contributed by atoms with Crippen LogP contribution in [0.15, 0.2) is 83.3 Å². The van der Waals surface area contributed by atoms with E-state index in [0.29, 0.717) is 6.54 Å². The zero-order chi connectivity index (χ0) is 16.2. The standard InChI is InChI=1S/C19H14N4S/c1-2-6-18-17(5-1)22-19(24-18)15-7-9-16(10-8-15)23-21-13-14-4-3-11-20-12-14/h1-12H,13H2. The number of hydrogen-bond donors (Lipinski definition) is 0. The summed E-state index contributed by atoms with van der Waals surface area (Å²) in [6, 6.07) is 20.1. The van der Waals surface area contributed by atoms with Crippen LogP contribution in [0.5, 0.6) is 0 Å². The summed E-state index contributed by atoms with van der Waals surface area (Å²) in [6.45, 7) is 0.535. The minimum atomic E-state index is 0.535. The van der Waals surface area contributed by atoms with Crippen molar-refractivity contribution in [2.24, 2.45) is 10.2 Å². The fraction of sp³-hybridized carbons (Fsp3) is 0.0526. The quantitative estimate of drug-likeness (QED) is 0.454. The number of hydrogen-bond acceptors (Lipinski definition) is 5. The fourth-order valence-electron chi connectivity index (χ4n) is 2.36. The van der Waals surface area contributed by atoms with E-state index in [2.05, 4.69) is 26.3 Å². The first-order chi connectivity index (χ1) is 11.9. The Morgan fingerprint density at radius 2 is 1.79 bits per heavy atom. The summed E-state index contributed by atoms with van der Waals surface area (Å²) in [7, 11) is 0. The molecule has 2 aromatic carbocycles. The molecule has 0 aliphatic heterocycles. The van der Waals surface area contributed by atoms with Gasteiger partial charge >= 0.3 is 0 Å². The lowest BCUT2D eigenvalue weighted by Crippen LogP contribution is -1.80. The minimum Gasteiger partial charge on any atom is -0.264 e. The average molecular weight is 330 g/mol. The summed E-state index contributed by atoms with van der Waals surface area (Å²) < 4.78 is 1.20. The summed E-state index contributed by atoms with van der Waals surface area (Å²) in [5.41, 5.74) is 4.02. The van der Waals surface area contributed by atoms with E-state index < -0.39 is 0 Å². The molecule has 0 N–H and O–H groups in total. The third kappa shape index (κ3) is 3.21. The minimum absolute atomic E-state index is 0.535. The molecular weight excluding hydrogens is 316 g/mol. The van der Waals surface area contributed by atoms with Crippen LogP contribution >= 0.6 is 11.3 Å². The molecule has 0 atom stereocenters. The predicted molar refractivity (Wildman–Crippen MR) is 97.5 cm³/mol. The van der Waals surface area contributed by atoms with Gasteiger partial charge in [-0.05, 0) is 48.0 Å². The molecule has 0 unspecified atom stereocenters. The zero-order valence-corrected chi connectivity index (χ0v) is 13.6. The van der Waals surface area contributed by atoms with Crippen molar-refractivity contribution < 1.29 is 0 Å². The lowest BCUT2D eigenvalue weighted by atomic mass is 10.2. The van der Waals surface area contributed by atoms with Gasteiger partial charge < -0.3 is 0 Å². The van der Waals surface area contributed by atoms with Gasteiger partial charge in [0.05, 0.1) is 22.4 Å². The van der Waals surface area contributed by atoms with Crippen molar-refractivity contribution >= 4 is 27.2 Å². The van der Waals surface area contributed by atoms with E-state index in [1.54, 1.807) is 23.7 Å². The van der Waals surface area contributed by atoms with Crippen LogP contribution in [0.2, 0.25) is 0 Å². The van der Waals surface area contributed by atoms with Crippen LogP contribution < -0.4 is 0 Å².